The summed E-state index contributed by atoms with van der Waals surface area (Å²) < 4.78 is 0. The van der Waals surface area contributed by atoms with E-state index in [4.69, 9.17) is 23.2 Å². The molecule has 3 aromatic rings. The second-order valence-corrected chi connectivity index (χ2v) is 9.40. The molecule has 0 radical (unpaired) electrons. The van der Waals surface area contributed by atoms with Crippen LogP contribution in [-0.2, 0) is 16.0 Å². The van der Waals surface area contributed by atoms with Crippen molar-refractivity contribution in [3.05, 3.63) is 98.5 Å². The van der Waals surface area contributed by atoms with Gasteiger partial charge in [-0.2, -0.15) is 0 Å². The lowest BCUT2D eigenvalue weighted by molar-refractivity contribution is -0.122. The van der Waals surface area contributed by atoms with E-state index in [-0.39, 0.29) is 23.7 Å². The second-order valence-electron chi connectivity index (χ2n) is 8.56. The van der Waals surface area contributed by atoms with Crippen LogP contribution in [0.15, 0.2) is 60.7 Å². The third-order valence-electron chi connectivity index (χ3n) is 7.16. The van der Waals surface area contributed by atoms with Crippen LogP contribution in [0.3, 0.4) is 0 Å². The third kappa shape index (κ3) is 2.48. The molecule has 0 spiro atoms. The van der Waals surface area contributed by atoms with Crippen LogP contribution < -0.4 is 4.90 Å². The first kappa shape index (κ1) is 19.1. The van der Waals surface area contributed by atoms with Gasteiger partial charge in [0.05, 0.1) is 22.5 Å². The first-order valence-corrected chi connectivity index (χ1v) is 11.3. The number of carbonyl (C=O) groups excluding carboxylic acids is 2. The molecule has 3 aliphatic carbocycles. The molecule has 1 fully saturated rings. The van der Waals surface area contributed by atoms with Crippen molar-refractivity contribution < 1.29 is 9.59 Å². The predicted molar refractivity (Wildman–Crippen MR) is 122 cm³/mol. The lowest BCUT2D eigenvalue weighted by Gasteiger charge is -2.46. The molecule has 7 rings (SSSR count). The number of anilines is 1. The number of imide groups is 1. The number of aryl methyl sites for hydroxylation is 1. The van der Waals surface area contributed by atoms with Crippen LogP contribution in [0.25, 0.3) is 0 Å². The van der Waals surface area contributed by atoms with Crippen LogP contribution in [0.1, 0.15) is 46.6 Å². The molecule has 154 valence electrons. The van der Waals surface area contributed by atoms with Crippen molar-refractivity contribution in [1.82, 2.24) is 0 Å². The van der Waals surface area contributed by atoms with Gasteiger partial charge in [0.1, 0.15) is 0 Å². The molecule has 0 aromatic heterocycles. The summed E-state index contributed by atoms with van der Waals surface area (Å²) in [6, 6.07) is 19.7. The van der Waals surface area contributed by atoms with Gasteiger partial charge in [-0.3, -0.25) is 9.59 Å². The predicted octanol–water partition coefficient (Wildman–Crippen LogP) is 5.95. The fourth-order valence-corrected chi connectivity index (χ4v) is 6.26. The average molecular weight is 448 g/mol. The molecule has 1 heterocycles. The van der Waals surface area contributed by atoms with Crippen LogP contribution in [0.2, 0.25) is 10.0 Å². The number of hydrogen-bond acceptors (Lipinski definition) is 2. The fraction of sp³-hybridized carbons (Fsp3) is 0.231. The van der Waals surface area contributed by atoms with E-state index in [1.165, 1.54) is 21.6 Å². The van der Waals surface area contributed by atoms with Gasteiger partial charge >= 0.3 is 0 Å². The molecule has 1 aliphatic heterocycles. The van der Waals surface area contributed by atoms with Gasteiger partial charge in [0, 0.05) is 16.9 Å². The zero-order chi connectivity index (χ0) is 21.4. The highest BCUT2D eigenvalue weighted by Crippen LogP contribution is 2.61. The van der Waals surface area contributed by atoms with Crippen LogP contribution in [0.5, 0.6) is 0 Å². The van der Waals surface area contributed by atoms with Crippen LogP contribution in [0.4, 0.5) is 5.69 Å². The molecule has 2 amide bonds. The molecule has 4 atom stereocenters. The number of rotatable bonds is 2. The Kier molecular flexibility index (Phi) is 4.12. The zero-order valence-corrected chi connectivity index (χ0v) is 18.3. The van der Waals surface area contributed by atoms with Gasteiger partial charge < -0.3 is 0 Å². The standard InChI is InChI=1S/C26H19Cl2NO2/c1-2-13-7-9-17-18(11-13)22-16-6-4-3-5-15(16)21(17)23-24(22)26(31)29(25(23)30)20-12-14(27)8-10-19(20)28/h3-12,21-24H,2H2,1H3. The third-order valence-corrected chi connectivity index (χ3v) is 7.72. The Morgan fingerprint density at radius 2 is 1.39 bits per heavy atom. The van der Waals surface area contributed by atoms with E-state index in [0.29, 0.717) is 15.7 Å². The quantitative estimate of drug-likeness (QED) is 0.454. The number of benzene rings is 3. The van der Waals surface area contributed by atoms with E-state index in [1.807, 2.05) is 12.1 Å². The van der Waals surface area contributed by atoms with Gasteiger partial charge in [0.25, 0.3) is 0 Å². The Labute approximate surface area is 190 Å². The summed E-state index contributed by atoms with van der Waals surface area (Å²) in [5.41, 5.74) is 6.29. The second kappa shape index (κ2) is 6.69. The molecule has 2 bridgehead atoms. The van der Waals surface area contributed by atoms with E-state index in [2.05, 4.69) is 37.3 Å². The first-order valence-electron chi connectivity index (χ1n) is 10.6. The number of nitrogens with zero attached hydrogens (tertiary/aromatic N) is 1. The smallest absolute Gasteiger partial charge is 0.238 e. The van der Waals surface area contributed by atoms with Gasteiger partial charge in [-0.15, -0.1) is 0 Å². The largest absolute Gasteiger partial charge is 0.274 e. The SMILES string of the molecule is CCc1ccc2c(c1)C1c3ccccc3C2C2C(=O)N(c3cc(Cl)ccc3Cl)C(=O)C12. The van der Waals surface area contributed by atoms with Crippen LogP contribution >= 0.6 is 23.2 Å². The maximum absolute atomic E-state index is 13.8. The Morgan fingerprint density at radius 1 is 0.774 bits per heavy atom. The maximum atomic E-state index is 13.8. The molecule has 3 nitrogen and oxygen atoms in total. The first-order chi connectivity index (χ1) is 15.0. The minimum absolute atomic E-state index is 0.132. The Hall–Kier alpha value is -2.62. The van der Waals surface area contributed by atoms with E-state index < -0.39 is 11.8 Å². The van der Waals surface area contributed by atoms with Gasteiger partial charge in [-0.25, -0.2) is 4.90 Å². The fourth-order valence-electron chi connectivity index (χ4n) is 5.89. The van der Waals surface area contributed by atoms with E-state index in [0.717, 1.165) is 17.5 Å². The van der Waals surface area contributed by atoms with Crippen molar-refractivity contribution in [2.24, 2.45) is 11.8 Å². The monoisotopic (exact) mass is 447 g/mol. The Morgan fingerprint density at radius 3 is 2.03 bits per heavy atom. The van der Waals surface area contributed by atoms with E-state index in [9.17, 15) is 9.59 Å². The topological polar surface area (TPSA) is 37.4 Å². The lowest BCUT2D eigenvalue weighted by atomic mass is 9.55. The molecular formula is C26H19Cl2NO2. The molecule has 5 heteroatoms. The number of carbonyl (C=O) groups is 2. The van der Waals surface area contributed by atoms with E-state index in [1.54, 1.807) is 18.2 Å². The summed E-state index contributed by atoms with van der Waals surface area (Å²) in [5, 5.41) is 0.789. The Balaban J connectivity index is 1.58. The number of halogens is 2. The van der Waals surface area contributed by atoms with Crippen LogP contribution in [0, 0.1) is 11.8 Å². The summed E-state index contributed by atoms with van der Waals surface area (Å²) in [7, 11) is 0. The summed E-state index contributed by atoms with van der Waals surface area (Å²) in [6.07, 6.45) is 0.928. The van der Waals surface area contributed by atoms with E-state index >= 15 is 0 Å². The van der Waals surface area contributed by atoms with Crippen molar-refractivity contribution in [2.75, 3.05) is 4.90 Å². The minimum atomic E-state index is -0.429. The average Bonchev–Trinajstić information content (AvgIpc) is 3.05. The number of hydrogen-bond donors (Lipinski definition) is 0. The molecule has 0 N–H and O–H groups in total. The maximum Gasteiger partial charge on any atom is 0.238 e. The molecule has 31 heavy (non-hydrogen) atoms. The summed E-state index contributed by atoms with van der Waals surface area (Å²) >= 11 is 12.6. The molecule has 4 unspecified atom stereocenters. The van der Waals surface area contributed by atoms with Crippen molar-refractivity contribution >= 4 is 40.7 Å². The van der Waals surface area contributed by atoms with Crippen molar-refractivity contribution in [2.45, 2.75) is 25.2 Å². The van der Waals surface area contributed by atoms with Crippen molar-refractivity contribution in [1.29, 1.82) is 0 Å². The van der Waals surface area contributed by atoms with Crippen molar-refractivity contribution in [3.8, 4) is 0 Å². The molecule has 4 aliphatic rings. The van der Waals surface area contributed by atoms with Gasteiger partial charge in [0.15, 0.2) is 0 Å². The lowest BCUT2D eigenvalue weighted by Crippen LogP contribution is -2.41. The molecular weight excluding hydrogens is 429 g/mol. The zero-order valence-electron chi connectivity index (χ0n) is 16.8. The van der Waals surface area contributed by atoms with Gasteiger partial charge in [-0.1, -0.05) is 72.6 Å². The summed E-state index contributed by atoms with van der Waals surface area (Å²) in [6.45, 7) is 2.13. The highest BCUT2D eigenvalue weighted by molar-refractivity contribution is 6.38. The van der Waals surface area contributed by atoms with Gasteiger partial charge in [-0.05, 0) is 52.4 Å². The highest BCUT2D eigenvalue weighted by Gasteiger charge is 2.62. The van der Waals surface area contributed by atoms with Crippen molar-refractivity contribution in [3.63, 3.8) is 0 Å². The normalized spacial score (nSPS) is 25.5. The molecule has 0 saturated carbocycles. The van der Waals surface area contributed by atoms with Gasteiger partial charge in [0.2, 0.25) is 11.8 Å². The summed E-state index contributed by atoms with van der Waals surface area (Å²) in [5.74, 6) is -1.49. The molecule has 1 saturated heterocycles. The van der Waals surface area contributed by atoms with Crippen LogP contribution in [-0.4, -0.2) is 11.8 Å². The summed E-state index contributed by atoms with van der Waals surface area (Å²) in [4.78, 5) is 28.8. The highest BCUT2D eigenvalue weighted by atomic mass is 35.5. The minimum Gasteiger partial charge on any atom is -0.274 e. The number of amides is 2. The molecule has 3 aromatic carbocycles. The Bertz CT molecular complexity index is 1280.